The van der Waals surface area contributed by atoms with E-state index in [4.69, 9.17) is 0 Å². The summed E-state index contributed by atoms with van der Waals surface area (Å²) in [6, 6.07) is 13.9. The fourth-order valence-electron chi connectivity index (χ4n) is 5.49. The van der Waals surface area contributed by atoms with Crippen molar-refractivity contribution in [3.63, 3.8) is 0 Å². The van der Waals surface area contributed by atoms with Crippen molar-refractivity contribution in [2.45, 2.75) is 25.3 Å². The van der Waals surface area contributed by atoms with Crippen LogP contribution in [0.5, 0.6) is 0 Å². The Morgan fingerprint density at radius 3 is 2.40 bits per heavy atom. The molecule has 1 aromatic heterocycles. The molecule has 35 heavy (non-hydrogen) atoms. The molecule has 5 atom stereocenters. The van der Waals surface area contributed by atoms with Crippen LogP contribution >= 0.6 is 0 Å². The first-order valence-electron chi connectivity index (χ1n) is 11.6. The second kappa shape index (κ2) is 9.17. The Labute approximate surface area is 201 Å². The summed E-state index contributed by atoms with van der Waals surface area (Å²) in [6.45, 7) is 3.23. The van der Waals surface area contributed by atoms with Crippen LogP contribution in [0.3, 0.4) is 0 Å². The number of fused-ring (bicyclic) bond motifs is 1. The average Bonchev–Trinajstić information content (AvgIpc) is 3.35. The lowest BCUT2D eigenvalue weighted by Gasteiger charge is -2.24. The Hall–Kier alpha value is -3.68. The summed E-state index contributed by atoms with van der Waals surface area (Å²) < 4.78 is 28.5. The number of carboxylic acid groups (broad SMARTS) is 1. The molecule has 1 saturated carbocycles. The van der Waals surface area contributed by atoms with Crippen molar-refractivity contribution in [1.82, 2.24) is 4.98 Å². The number of rotatable bonds is 8. The van der Waals surface area contributed by atoms with E-state index in [0.717, 1.165) is 23.0 Å². The van der Waals surface area contributed by atoms with E-state index in [9.17, 15) is 23.6 Å². The largest absolute Gasteiger partial charge is 0.481 e. The molecule has 2 aliphatic rings. The monoisotopic (exact) mass is 477 g/mol. The third kappa shape index (κ3) is 4.52. The molecule has 3 aromatic rings. The first-order chi connectivity index (χ1) is 16.9. The molecule has 5 rings (SSSR count). The zero-order valence-electron chi connectivity index (χ0n) is 19.1. The molecule has 0 spiro atoms. The molecule has 180 valence electrons. The molecule has 0 radical (unpaired) electrons. The lowest BCUT2D eigenvalue weighted by atomic mass is 9.84. The normalized spacial score (nSPS) is 22.4. The first-order valence-corrected chi connectivity index (χ1v) is 11.6. The van der Waals surface area contributed by atoms with Crippen molar-refractivity contribution in [3.05, 3.63) is 99.7 Å². The molecular formula is C27H25F2N3O3. The Kier molecular flexibility index (Phi) is 6.05. The second-order valence-corrected chi connectivity index (χ2v) is 9.49. The number of halogens is 2. The SMILES string of the molecule is Cc1cc(C(CC(c2ccc(N3C[C@@H]4C(C(=O)O)[C@@H]4C3)cc2)c2ccc(F)cc2F)N=O)ccn1. The second-order valence-electron chi connectivity index (χ2n) is 9.49. The van der Waals surface area contributed by atoms with Crippen molar-refractivity contribution < 1.29 is 18.7 Å². The fourth-order valence-corrected chi connectivity index (χ4v) is 5.49. The van der Waals surface area contributed by atoms with Gasteiger partial charge in [0.05, 0.1) is 5.92 Å². The molecule has 2 aromatic carbocycles. The van der Waals surface area contributed by atoms with Crippen molar-refractivity contribution in [1.29, 1.82) is 0 Å². The number of benzene rings is 2. The van der Waals surface area contributed by atoms with Crippen LogP contribution in [-0.4, -0.2) is 29.1 Å². The smallest absolute Gasteiger partial charge is 0.307 e. The fraction of sp³-hybridized carbons (Fsp3) is 0.333. The van der Waals surface area contributed by atoms with Gasteiger partial charge in [-0.1, -0.05) is 23.4 Å². The zero-order chi connectivity index (χ0) is 24.7. The number of carbonyl (C=O) groups is 1. The van der Waals surface area contributed by atoms with Gasteiger partial charge in [-0.05, 0) is 72.2 Å². The highest BCUT2D eigenvalue weighted by Crippen LogP contribution is 2.52. The molecule has 2 heterocycles. The minimum Gasteiger partial charge on any atom is -0.481 e. The summed E-state index contributed by atoms with van der Waals surface area (Å²) in [7, 11) is 0. The first kappa shape index (κ1) is 23.1. The lowest BCUT2D eigenvalue weighted by molar-refractivity contribution is -0.139. The van der Waals surface area contributed by atoms with Crippen molar-refractivity contribution in [2.24, 2.45) is 22.9 Å². The van der Waals surface area contributed by atoms with Gasteiger partial charge in [-0.25, -0.2) is 8.78 Å². The number of pyridine rings is 1. The Morgan fingerprint density at radius 1 is 1.09 bits per heavy atom. The summed E-state index contributed by atoms with van der Waals surface area (Å²) in [5.41, 5.74) is 3.50. The number of anilines is 1. The molecule has 1 saturated heterocycles. The molecule has 0 amide bonds. The van der Waals surface area contributed by atoms with Gasteiger partial charge in [0.15, 0.2) is 0 Å². The lowest BCUT2D eigenvalue weighted by Crippen LogP contribution is -2.25. The molecule has 2 fully saturated rings. The third-order valence-corrected chi connectivity index (χ3v) is 7.37. The summed E-state index contributed by atoms with van der Waals surface area (Å²) in [5, 5.41) is 12.6. The third-order valence-electron chi connectivity index (χ3n) is 7.37. The zero-order valence-corrected chi connectivity index (χ0v) is 19.1. The number of nitroso groups, excluding NO2 is 1. The predicted octanol–water partition coefficient (Wildman–Crippen LogP) is 5.46. The topological polar surface area (TPSA) is 82.9 Å². The molecule has 0 bridgehead atoms. The van der Waals surface area contributed by atoms with Crippen molar-refractivity contribution in [2.75, 3.05) is 18.0 Å². The van der Waals surface area contributed by atoms with Gasteiger partial charge in [-0.3, -0.25) is 9.78 Å². The van der Waals surface area contributed by atoms with Crippen molar-refractivity contribution in [3.8, 4) is 0 Å². The number of hydrogen-bond acceptors (Lipinski definition) is 5. The molecule has 6 nitrogen and oxygen atoms in total. The molecule has 1 aliphatic carbocycles. The van der Waals surface area contributed by atoms with E-state index in [1.165, 1.54) is 12.1 Å². The predicted molar refractivity (Wildman–Crippen MR) is 127 cm³/mol. The van der Waals surface area contributed by atoms with Gasteiger partial charge < -0.3 is 10.0 Å². The van der Waals surface area contributed by atoms with E-state index in [2.05, 4.69) is 15.1 Å². The molecule has 1 N–H and O–H groups in total. The van der Waals surface area contributed by atoms with Crippen LogP contribution in [0.25, 0.3) is 0 Å². The van der Waals surface area contributed by atoms with Gasteiger partial charge in [0.25, 0.3) is 0 Å². The summed E-state index contributed by atoms with van der Waals surface area (Å²) >= 11 is 0. The van der Waals surface area contributed by atoms with Crippen LogP contribution in [0.4, 0.5) is 14.5 Å². The minimum absolute atomic E-state index is 0.191. The maximum atomic E-state index is 14.9. The molecular weight excluding hydrogens is 452 g/mol. The summed E-state index contributed by atoms with van der Waals surface area (Å²) in [4.78, 5) is 29.4. The Morgan fingerprint density at radius 2 is 1.80 bits per heavy atom. The molecule has 1 aliphatic heterocycles. The van der Waals surface area contributed by atoms with Gasteiger partial charge in [-0.2, -0.15) is 4.91 Å². The van der Waals surface area contributed by atoms with E-state index in [1.54, 1.807) is 18.3 Å². The number of aromatic nitrogens is 1. The number of aryl methyl sites for hydroxylation is 1. The minimum atomic E-state index is -0.732. The van der Waals surface area contributed by atoms with E-state index in [-0.39, 0.29) is 24.2 Å². The summed E-state index contributed by atoms with van der Waals surface area (Å²) in [6.07, 6.45) is 1.82. The number of hydrogen-bond donors (Lipinski definition) is 1. The number of piperidine rings is 1. The number of carboxylic acids is 1. The van der Waals surface area contributed by atoms with Crippen LogP contribution in [0.2, 0.25) is 0 Å². The van der Waals surface area contributed by atoms with Crippen LogP contribution < -0.4 is 4.90 Å². The van der Waals surface area contributed by atoms with Gasteiger partial charge in [0.1, 0.15) is 17.7 Å². The van der Waals surface area contributed by atoms with Gasteiger partial charge in [0.2, 0.25) is 0 Å². The van der Waals surface area contributed by atoms with E-state index >= 15 is 0 Å². The maximum absolute atomic E-state index is 14.9. The maximum Gasteiger partial charge on any atom is 0.307 e. The Bertz CT molecular complexity index is 1250. The molecule has 3 unspecified atom stereocenters. The summed E-state index contributed by atoms with van der Waals surface area (Å²) in [5.74, 6) is -2.43. The highest BCUT2D eigenvalue weighted by Gasteiger charge is 2.59. The van der Waals surface area contributed by atoms with Gasteiger partial charge in [0, 0.05) is 42.7 Å². The van der Waals surface area contributed by atoms with Crippen LogP contribution in [0, 0.1) is 41.2 Å². The van der Waals surface area contributed by atoms with Crippen LogP contribution in [0.15, 0.2) is 66.0 Å². The van der Waals surface area contributed by atoms with Crippen LogP contribution in [0.1, 0.15) is 40.8 Å². The number of aliphatic carboxylic acids is 1. The average molecular weight is 478 g/mol. The van der Waals surface area contributed by atoms with Gasteiger partial charge in [-0.15, -0.1) is 0 Å². The number of nitrogens with zero attached hydrogens (tertiary/aromatic N) is 3. The van der Waals surface area contributed by atoms with E-state index in [0.29, 0.717) is 24.2 Å². The van der Waals surface area contributed by atoms with Gasteiger partial charge >= 0.3 is 5.97 Å². The standard InChI is InChI=1S/C27H25F2N3O3/c1-15-10-17(8-9-30-15)25(31-35)12-21(20-7-4-18(28)11-24(20)29)16-2-5-19(6-3-16)32-13-22-23(14-32)26(22)27(33)34/h2-11,21-23,25-26H,12-14H2,1H3,(H,33,34)/t21?,22-,23+,25?,26?. The highest BCUT2D eigenvalue weighted by atomic mass is 19.1. The highest BCUT2D eigenvalue weighted by molar-refractivity contribution is 5.75. The quantitative estimate of drug-likeness (QED) is 0.436. The Balaban J connectivity index is 1.42. The van der Waals surface area contributed by atoms with Crippen molar-refractivity contribution >= 4 is 11.7 Å². The van der Waals surface area contributed by atoms with E-state index < -0.39 is 29.6 Å². The molecule has 8 heteroatoms. The van der Waals surface area contributed by atoms with E-state index in [1.807, 2.05) is 31.2 Å². The van der Waals surface area contributed by atoms with Crippen LogP contribution in [-0.2, 0) is 4.79 Å².